The van der Waals surface area contributed by atoms with Crippen LogP contribution in [0.4, 0.5) is 10.5 Å². The zero-order chi connectivity index (χ0) is 20.7. The smallest absolute Gasteiger partial charge is 0.322 e. The van der Waals surface area contributed by atoms with Gasteiger partial charge in [-0.1, -0.05) is 23.2 Å². The molecule has 6 nitrogen and oxygen atoms in total. The van der Waals surface area contributed by atoms with E-state index in [1.807, 2.05) is 19.1 Å². The van der Waals surface area contributed by atoms with Crippen LogP contribution in [-0.2, 0) is 13.1 Å². The van der Waals surface area contributed by atoms with Gasteiger partial charge in [0, 0.05) is 35.9 Å². The van der Waals surface area contributed by atoms with E-state index in [0.29, 0.717) is 40.3 Å². The van der Waals surface area contributed by atoms with Gasteiger partial charge in [-0.05, 0) is 42.3 Å². The predicted octanol–water partition coefficient (Wildman–Crippen LogP) is 5.41. The Labute approximate surface area is 178 Å². The van der Waals surface area contributed by atoms with E-state index in [1.165, 1.54) is 0 Å². The normalized spacial score (nSPS) is 12.8. The first kappa shape index (κ1) is 19.6. The highest BCUT2D eigenvalue weighted by molar-refractivity contribution is 6.42. The average molecular weight is 432 g/mol. The minimum atomic E-state index is -0.220. The van der Waals surface area contributed by atoms with Crippen LogP contribution in [0.15, 0.2) is 30.3 Å². The zero-order valence-corrected chi connectivity index (χ0v) is 17.7. The summed E-state index contributed by atoms with van der Waals surface area (Å²) in [4.78, 5) is 19.3. The molecule has 0 aliphatic carbocycles. The van der Waals surface area contributed by atoms with Gasteiger partial charge in [-0.2, -0.15) is 0 Å². The Kier molecular flexibility index (Phi) is 5.15. The van der Waals surface area contributed by atoms with E-state index in [1.54, 1.807) is 37.3 Å². The summed E-state index contributed by atoms with van der Waals surface area (Å²) >= 11 is 12.0. The van der Waals surface area contributed by atoms with Crippen molar-refractivity contribution in [3.05, 3.63) is 57.2 Å². The number of carbonyl (C=O) groups excluding carboxylic acids is 1. The van der Waals surface area contributed by atoms with Crippen molar-refractivity contribution >= 4 is 45.8 Å². The van der Waals surface area contributed by atoms with Gasteiger partial charge in [0.25, 0.3) is 0 Å². The van der Waals surface area contributed by atoms with E-state index in [2.05, 4.69) is 5.32 Å². The monoisotopic (exact) mass is 431 g/mol. The number of aromatic nitrogens is 1. The molecule has 4 rings (SSSR count). The highest BCUT2D eigenvalue weighted by Gasteiger charge is 2.28. The third kappa shape index (κ3) is 3.54. The number of hydrogen-bond donors (Lipinski definition) is 1. The summed E-state index contributed by atoms with van der Waals surface area (Å²) in [5, 5.41) is 4.62. The molecule has 0 saturated heterocycles. The molecule has 3 aromatic rings. The fourth-order valence-electron chi connectivity index (χ4n) is 3.57. The van der Waals surface area contributed by atoms with Crippen LogP contribution < -0.4 is 14.8 Å². The molecule has 2 heterocycles. The van der Waals surface area contributed by atoms with Gasteiger partial charge < -0.3 is 19.7 Å². The van der Waals surface area contributed by atoms with Crippen LogP contribution >= 0.6 is 23.2 Å². The molecule has 8 heteroatoms. The summed E-state index contributed by atoms with van der Waals surface area (Å²) in [7, 11) is 3.22. The number of pyridine rings is 1. The molecular formula is C21H19Cl2N3O3. The molecule has 0 unspecified atom stereocenters. The molecule has 2 amide bonds. The molecule has 29 heavy (non-hydrogen) atoms. The van der Waals surface area contributed by atoms with Crippen LogP contribution in [0.25, 0.3) is 10.9 Å². The quantitative estimate of drug-likeness (QED) is 0.601. The lowest BCUT2D eigenvalue weighted by atomic mass is 10.0. The molecule has 0 radical (unpaired) electrons. The number of anilines is 1. The van der Waals surface area contributed by atoms with Crippen LogP contribution in [0.1, 0.15) is 16.8 Å². The van der Waals surface area contributed by atoms with Crippen molar-refractivity contribution in [2.24, 2.45) is 0 Å². The molecule has 0 fully saturated rings. The van der Waals surface area contributed by atoms with Gasteiger partial charge in [0.2, 0.25) is 0 Å². The molecule has 0 saturated carbocycles. The molecule has 1 N–H and O–H groups in total. The highest BCUT2D eigenvalue weighted by Crippen LogP contribution is 2.38. The maximum atomic E-state index is 12.8. The van der Waals surface area contributed by atoms with E-state index in [4.69, 9.17) is 37.7 Å². The number of methoxy groups -OCH3 is 2. The minimum absolute atomic E-state index is 0.220. The van der Waals surface area contributed by atoms with Crippen molar-refractivity contribution in [2.45, 2.75) is 20.0 Å². The van der Waals surface area contributed by atoms with Gasteiger partial charge in [-0.3, -0.25) is 0 Å². The number of fused-ring (bicyclic) bond motifs is 3. The van der Waals surface area contributed by atoms with Crippen LogP contribution in [-0.4, -0.2) is 30.1 Å². The third-order valence-electron chi connectivity index (χ3n) is 5.07. The lowest BCUT2D eigenvalue weighted by molar-refractivity contribution is 0.212. The van der Waals surface area contributed by atoms with Crippen molar-refractivity contribution in [3.63, 3.8) is 0 Å². The number of ether oxygens (including phenoxy) is 2. The van der Waals surface area contributed by atoms with Gasteiger partial charge in [0.05, 0.1) is 24.3 Å². The Balaban J connectivity index is 1.67. The SMILES string of the molecule is COc1cc(OC)c2nc(C)c3c(c2c1)CN(C(=O)Nc1ccc(Cl)c(Cl)c1)C3. The lowest BCUT2D eigenvalue weighted by Crippen LogP contribution is -2.30. The Morgan fingerprint density at radius 3 is 2.52 bits per heavy atom. The first-order chi connectivity index (χ1) is 13.9. The van der Waals surface area contributed by atoms with E-state index < -0.39 is 0 Å². The maximum absolute atomic E-state index is 12.8. The van der Waals surface area contributed by atoms with E-state index in [0.717, 1.165) is 27.7 Å². The van der Waals surface area contributed by atoms with Gasteiger partial charge in [-0.25, -0.2) is 9.78 Å². The number of nitrogens with one attached hydrogen (secondary N) is 1. The van der Waals surface area contributed by atoms with Gasteiger partial charge in [0.15, 0.2) is 0 Å². The number of nitrogens with zero attached hydrogens (tertiary/aromatic N) is 2. The second-order valence-electron chi connectivity index (χ2n) is 6.80. The van der Waals surface area contributed by atoms with Crippen molar-refractivity contribution in [3.8, 4) is 11.5 Å². The van der Waals surface area contributed by atoms with E-state index >= 15 is 0 Å². The largest absolute Gasteiger partial charge is 0.497 e. The molecule has 1 aliphatic rings. The fourth-order valence-corrected chi connectivity index (χ4v) is 3.86. The average Bonchev–Trinajstić information content (AvgIpc) is 3.17. The first-order valence-electron chi connectivity index (χ1n) is 8.96. The van der Waals surface area contributed by atoms with Gasteiger partial charge >= 0.3 is 6.03 Å². The summed E-state index contributed by atoms with van der Waals surface area (Å²) < 4.78 is 10.9. The summed E-state index contributed by atoms with van der Waals surface area (Å²) in [6.45, 7) is 2.87. The number of halogens is 2. The maximum Gasteiger partial charge on any atom is 0.322 e. The molecule has 0 bridgehead atoms. The van der Waals surface area contributed by atoms with Crippen molar-refractivity contribution < 1.29 is 14.3 Å². The van der Waals surface area contributed by atoms with E-state index in [9.17, 15) is 4.79 Å². The lowest BCUT2D eigenvalue weighted by Gasteiger charge is -2.16. The number of rotatable bonds is 3. The Morgan fingerprint density at radius 2 is 1.83 bits per heavy atom. The van der Waals surface area contributed by atoms with Crippen LogP contribution in [0.5, 0.6) is 11.5 Å². The number of amides is 2. The Morgan fingerprint density at radius 1 is 1.07 bits per heavy atom. The van der Waals surface area contributed by atoms with Crippen molar-refractivity contribution in [1.82, 2.24) is 9.88 Å². The van der Waals surface area contributed by atoms with E-state index in [-0.39, 0.29) is 6.03 Å². The standard InChI is InChI=1S/C21H19Cl2N3O3/c1-11-15-9-26(21(27)25-12-4-5-17(22)18(23)6-12)10-16(15)14-7-13(28-2)8-19(29-3)20(14)24-11/h4-8H,9-10H2,1-3H3,(H,25,27). The number of aryl methyl sites for hydroxylation is 1. The molecular weight excluding hydrogens is 413 g/mol. The summed E-state index contributed by atoms with van der Waals surface area (Å²) in [6.07, 6.45) is 0. The number of benzene rings is 2. The molecule has 1 aliphatic heterocycles. The number of urea groups is 1. The second kappa shape index (κ2) is 7.61. The summed E-state index contributed by atoms with van der Waals surface area (Å²) in [5.74, 6) is 1.32. The number of carbonyl (C=O) groups is 1. The van der Waals surface area contributed by atoms with Crippen LogP contribution in [0, 0.1) is 6.92 Å². The molecule has 0 atom stereocenters. The van der Waals surface area contributed by atoms with Crippen LogP contribution in [0.3, 0.4) is 0 Å². The Hall–Kier alpha value is -2.70. The first-order valence-corrected chi connectivity index (χ1v) is 9.72. The van der Waals surface area contributed by atoms with Crippen molar-refractivity contribution in [1.29, 1.82) is 0 Å². The topological polar surface area (TPSA) is 63.7 Å². The second-order valence-corrected chi connectivity index (χ2v) is 7.61. The molecule has 0 spiro atoms. The number of hydrogen-bond acceptors (Lipinski definition) is 4. The fraction of sp³-hybridized carbons (Fsp3) is 0.238. The van der Waals surface area contributed by atoms with Gasteiger partial charge in [0.1, 0.15) is 17.0 Å². The minimum Gasteiger partial charge on any atom is -0.497 e. The van der Waals surface area contributed by atoms with Gasteiger partial charge in [-0.15, -0.1) is 0 Å². The molecule has 2 aromatic carbocycles. The predicted molar refractivity (Wildman–Crippen MR) is 114 cm³/mol. The van der Waals surface area contributed by atoms with Crippen molar-refractivity contribution in [2.75, 3.05) is 19.5 Å². The summed E-state index contributed by atoms with van der Waals surface area (Å²) in [6, 6.07) is 8.52. The molecule has 150 valence electrons. The highest BCUT2D eigenvalue weighted by atomic mass is 35.5. The van der Waals surface area contributed by atoms with Crippen LogP contribution in [0.2, 0.25) is 10.0 Å². The third-order valence-corrected chi connectivity index (χ3v) is 5.80. The summed E-state index contributed by atoms with van der Waals surface area (Å²) in [5.41, 5.74) is 4.31. The Bertz CT molecular complexity index is 1130. The zero-order valence-electron chi connectivity index (χ0n) is 16.2. The molecule has 1 aromatic heterocycles.